The molecule has 1 saturated heterocycles. The van der Waals surface area contributed by atoms with E-state index in [1.807, 2.05) is 31.2 Å². The second-order valence-electron chi connectivity index (χ2n) is 6.06. The molecule has 6 heteroatoms. The molecule has 2 aromatic carbocycles. The van der Waals surface area contributed by atoms with Crippen molar-refractivity contribution in [1.82, 2.24) is 5.43 Å². The van der Waals surface area contributed by atoms with Crippen molar-refractivity contribution in [3.8, 4) is 5.75 Å². The van der Waals surface area contributed by atoms with Crippen molar-refractivity contribution < 1.29 is 9.53 Å². The van der Waals surface area contributed by atoms with Gasteiger partial charge in [-0.1, -0.05) is 11.6 Å². The molecule has 26 heavy (non-hydrogen) atoms. The lowest BCUT2D eigenvalue weighted by molar-refractivity contribution is 0.0955. The molecule has 136 valence electrons. The molecule has 0 aromatic heterocycles. The van der Waals surface area contributed by atoms with Crippen LogP contribution in [0.4, 0.5) is 5.69 Å². The van der Waals surface area contributed by atoms with Crippen molar-refractivity contribution in [2.75, 3.05) is 24.6 Å². The summed E-state index contributed by atoms with van der Waals surface area (Å²) in [5, 5.41) is 4.61. The van der Waals surface area contributed by atoms with Gasteiger partial charge in [0, 0.05) is 34.9 Å². The molecule has 0 unspecified atom stereocenters. The molecule has 1 heterocycles. The van der Waals surface area contributed by atoms with Crippen molar-refractivity contribution in [3.05, 3.63) is 58.6 Å². The maximum Gasteiger partial charge on any atom is 0.271 e. The Morgan fingerprint density at radius 2 is 1.96 bits per heavy atom. The summed E-state index contributed by atoms with van der Waals surface area (Å²) in [6.45, 7) is 4.61. The van der Waals surface area contributed by atoms with Crippen molar-refractivity contribution in [1.29, 1.82) is 0 Å². The first-order valence-corrected chi connectivity index (χ1v) is 9.16. The minimum absolute atomic E-state index is 0.255. The number of nitrogens with zero attached hydrogens (tertiary/aromatic N) is 2. The molecule has 0 radical (unpaired) electrons. The highest BCUT2D eigenvalue weighted by Crippen LogP contribution is 2.22. The Kier molecular flexibility index (Phi) is 6.12. The van der Waals surface area contributed by atoms with Crippen LogP contribution in [-0.4, -0.2) is 31.8 Å². The zero-order valence-corrected chi connectivity index (χ0v) is 15.5. The molecule has 0 atom stereocenters. The lowest BCUT2D eigenvalue weighted by Gasteiger charge is -2.17. The summed E-state index contributed by atoms with van der Waals surface area (Å²) in [5.41, 5.74) is 4.98. The molecular weight excluding hydrogens is 350 g/mol. The third-order valence-electron chi connectivity index (χ3n) is 4.24. The maximum atomic E-state index is 12.2. The van der Waals surface area contributed by atoms with Crippen molar-refractivity contribution in [3.63, 3.8) is 0 Å². The first-order valence-electron chi connectivity index (χ1n) is 8.78. The van der Waals surface area contributed by atoms with E-state index in [1.54, 1.807) is 18.2 Å². The molecule has 0 aliphatic carbocycles. The molecule has 2 aromatic rings. The van der Waals surface area contributed by atoms with Crippen LogP contribution < -0.4 is 15.1 Å². The van der Waals surface area contributed by atoms with Crippen LogP contribution in [0.1, 0.15) is 35.7 Å². The Morgan fingerprint density at radius 1 is 1.23 bits per heavy atom. The van der Waals surface area contributed by atoms with Crippen molar-refractivity contribution in [2.45, 2.75) is 19.8 Å². The Hall–Kier alpha value is -2.53. The van der Waals surface area contributed by atoms with Gasteiger partial charge in [-0.3, -0.25) is 4.79 Å². The van der Waals surface area contributed by atoms with Gasteiger partial charge in [0.2, 0.25) is 0 Å². The first-order chi connectivity index (χ1) is 12.7. The average molecular weight is 372 g/mol. The Bertz CT molecular complexity index is 784. The fourth-order valence-corrected chi connectivity index (χ4v) is 3.11. The molecule has 1 fully saturated rings. The van der Waals surface area contributed by atoms with Gasteiger partial charge in [-0.05, 0) is 62.2 Å². The standard InChI is InChI=1S/C20H22ClN3O2/c1-2-26-19-10-7-17(21)13-16(19)14-22-23-20(25)15-5-8-18(9-6-15)24-11-3-4-12-24/h5-10,13-14H,2-4,11-12H2,1H3,(H,23,25)/b22-14+. The van der Waals surface area contributed by atoms with E-state index in [2.05, 4.69) is 15.4 Å². The highest BCUT2D eigenvalue weighted by molar-refractivity contribution is 6.30. The van der Waals surface area contributed by atoms with E-state index in [9.17, 15) is 4.79 Å². The van der Waals surface area contributed by atoms with Crippen molar-refractivity contribution in [2.24, 2.45) is 5.10 Å². The number of nitrogens with one attached hydrogen (secondary N) is 1. The quantitative estimate of drug-likeness (QED) is 0.614. The van der Waals surface area contributed by atoms with E-state index in [-0.39, 0.29) is 5.91 Å². The number of ether oxygens (including phenoxy) is 1. The predicted octanol–water partition coefficient (Wildman–Crippen LogP) is 4.10. The van der Waals surface area contributed by atoms with Gasteiger partial charge >= 0.3 is 0 Å². The van der Waals surface area contributed by atoms with Gasteiger partial charge in [0.15, 0.2) is 0 Å². The number of halogens is 1. The van der Waals surface area contributed by atoms with Crippen LogP contribution in [0.3, 0.4) is 0 Å². The lowest BCUT2D eigenvalue weighted by atomic mass is 10.2. The molecule has 0 spiro atoms. The van der Waals surface area contributed by atoms with Crippen LogP contribution in [0.2, 0.25) is 5.02 Å². The summed E-state index contributed by atoms with van der Waals surface area (Å²) < 4.78 is 5.53. The van der Waals surface area contributed by atoms with Crippen LogP contribution in [0.5, 0.6) is 5.75 Å². The molecule has 1 aliphatic heterocycles. The molecule has 3 rings (SSSR count). The molecular formula is C20H22ClN3O2. The SMILES string of the molecule is CCOc1ccc(Cl)cc1/C=N/NC(=O)c1ccc(N2CCCC2)cc1. The van der Waals surface area contributed by atoms with E-state index in [0.717, 1.165) is 18.8 Å². The van der Waals surface area contributed by atoms with Gasteiger partial charge in [-0.15, -0.1) is 0 Å². The van der Waals surface area contributed by atoms with E-state index in [1.165, 1.54) is 19.1 Å². The van der Waals surface area contributed by atoms with Crippen LogP contribution in [0.15, 0.2) is 47.6 Å². The molecule has 0 saturated carbocycles. The molecule has 0 bridgehead atoms. The smallest absolute Gasteiger partial charge is 0.271 e. The number of benzene rings is 2. The minimum Gasteiger partial charge on any atom is -0.493 e. The normalized spacial score (nSPS) is 14.0. The number of hydrogen-bond donors (Lipinski definition) is 1. The van der Waals surface area contributed by atoms with E-state index in [0.29, 0.717) is 28.5 Å². The van der Waals surface area contributed by atoms with Gasteiger partial charge in [0.05, 0.1) is 12.8 Å². The molecule has 1 amide bonds. The zero-order chi connectivity index (χ0) is 18.4. The fraction of sp³-hybridized carbons (Fsp3) is 0.300. The second kappa shape index (κ2) is 8.72. The highest BCUT2D eigenvalue weighted by Gasteiger charge is 2.13. The summed E-state index contributed by atoms with van der Waals surface area (Å²) in [7, 11) is 0. The average Bonchev–Trinajstić information content (AvgIpc) is 3.19. The summed E-state index contributed by atoms with van der Waals surface area (Å²) in [6.07, 6.45) is 3.99. The molecule has 5 nitrogen and oxygen atoms in total. The van der Waals surface area contributed by atoms with Gasteiger partial charge in [0.1, 0.15) is 5.75 Å². The minimum atomic E-state index is -0.255. The predicted molar refractivity (Wildman–Crippen MR) is 106 cm³/mol. The van der Waals surface area contributed by atoms with E-state index in [4.69, 9.17) is 16.3 Å². The van der Waals surface area contributed by atoms with Gasteiger partial charge < -0.3 is 9.64 Å². The summed E-state index contributed by atoms with van der Waals surface area (Å²) in [4.78, 5) is 14.6. The van der Waals surface area contributed by atoms with Gasteiger partial charge in [-0.25, -0.2) is 5.43 Å². The third-order valence-corrected chi connectivity index (χ3v) is 4.48. The Labute approximate surface area is 158 Å². The zero-order valence-electron chi connectivity index (χ0n) is 14.7. The van der Waals surface area contributed by atoms with Crippen molar-refractivity contribution >= 4 is 29.4 Å². The number of carbonyl (C=O) groups excluding carboxylic acids is 1. The number of rotatable bonds is 6. The van der Waals surface area contributed by atoms with E-state index < -0.39 is 0 Å². The van der Waals surface area contributed by atoms with E-state index >= 15 is 0 Å². The van der Waals surface area contributed by atoms with Crippen LogP contribution in [0.25, 0.3) is 0 Å². The monoisotopic (exact) mass is 371 g/mol. The summed E-state index contributed by atoms with van der Waals surface area (Å²) >= 11 is 6.01. The van der Waals surface area contributed by atoms with Gasteiger partial charge in [0.25, 0.3) is 5.91 Å². The second-order valence-corrected chi connectivity index (χ2v) is 6.49. The summed E-state index contributed by atoms with van der Waals surface area (Å²) in [5.74, 6) is 0.416. The largest absolute Gasteiger partial charge is 0.493 e. The van der Waals surface area contributed by atoms with Crippen LogP contribution in [0, 0.1) is 0 Å². The number of amides is 1. The third kappa shape index (κ3) is 4.55. The fourth-order valence-electron chi connectivity index (χ4n) is 2.93. The number of carbonyl (C=O) groups is 1. The first kappa shape index (κ1) is 18.3. The Morgan fingerprint density at radius 3 is 2.65 bits per heavy atom. The molecule has 1 N–H and O–H groups in total. The number of hydrazone groups is 1. The molecule has 1 aliphatic rings. The summed E-state index contributed by atoms with van der Waals surface area (Å²) in [6, 6.07) is 12.9. The lowest BCUT2D eigenvalue weighted by Crippen LogP contribution is -2.19. The van der Waals surface area contributed by atoms with Crippen LogP contribution >= 0.6 is 11.6 Å². The highest BCUT2D eigenvalue weighted by atomic mass is 35.5. The topological polar surface area (TPSA) is 53.9 Å². The Balaban J connectivity index is 1.63. The van der Waals surface area contributed by atoms with Crippen LogP contribution in [-0.2, 0) is 0 Å². The number of hydrogen-bond acceptors (Lipinski definition) is 4. The van der Waals surface area contributed by atoms with Gasteiger partial charge in [-0.2, -0.15) is 5.10 Å². The maximum absolute atomic E-state index is 12.2. The number of anilines is 1.